The van der Waals surface area contributed by atoms with Crippen molar-refractivity contribution in [1.29, 1.82) is 0 Å². The molecule has 6 heteroatoms. The van der Waals surface area contributed by atoms with Gasteiger partial charge in [-0.15, -0.1) is 0 Å². The van der Waals surface area contributed by atoms with Gasteiger partial charge in [-0.2, -0.15) is 0 Å². The third kappa shape index (κ3) is 4.38. The maximum atomic E-state index is 11.8. The van der Waals surface area contributed by atoms with Crippen molar-refractivity contribution in [2.24, 2.45) is 0 Å². The number of carbonyl (C=O) groups is 2. The minimum absolute atomic E-state index is 0.0787. The minimum Gasteiger partial charge on any atom is -0.507 e. The summed E-state index contributed by atoms with van der Waals surface area (Å²) in [5.74, 6) is -1.03. The van der Waals surface area contributed by atoms with E-state index in [9.17, 15) is 19.8 Å². The number of nitrogens with one attached hydrogen (secondary N) is 1. The molecule has 0 aliphatic carbocycles. The van der Waals surface area contributed by atoms with Crippen LogP contribution in [0.15, 0.2) is 36.4 Å². The first kappa shape index (κ1) is 17.6. The molecule has 1 unspecified atom stereocenters. The molecule has 0 spiro atoms. The van der Waals surface area contributed by atoms with Gasteiger partial charge in [0.2, 0.25) is 0 Å². The van der Waals surface area contributed by atoms with Gasteiger partial charge in [-0.1, -0.05) is 30.3 Å². The number of hydrogen-bond acceptors (Lipinski definition) is 4. The fraction of sp³-hybridized carbons (Fsp3) is 0.333. The summed E-state index contributed by atoms with van der Waals surface area (Å²) in [6.45, 7) is 5.11. The van der Waals surface area contributed by atoms with Crippen molar-refractivity contribution in [1.82, 2.24) is 5.32 Å². The number of carboxylic acids is 1. The van der Waals surface area contributed by atoms with Crippen LogP contribution in [0.2, 0.25) is 0 Å². The number of rotatable bonds is 4. The molecule has 0 radical (unpaired) electrons. The van der Waals surface area contributed by atoms with E-state index in [0.717, 1.165) is 5.39 Å². The highest BCUT2D eigenvalue weighted by Gasteiger charge is 2.24. The predicted molar refractivity (Wildman–Crippen MR) is 90.1 cm³/mol. The van der Waals surface area contributed by atoms with Gasteiger partial charge < -0.3 is 20.3 Å². The van der Waals surface area contributed by atoms with E-state index in [1.807, 2.05) is 0 Å². The summed E-state index contributed by atoms with van der Waals surface area (Å²) in [6, 6.07) is 9.20. The van der Waals surface area contributed by atoms with Crippen molar-refractivity contribution >= 4 is 22.8 Å². The monoisotopic (exact) mass is 331 g/mol. The molecule has 2 aromatic carbocycles. The Kier molecular flexibility index (Phi) is 4.97. The van der Waals surface area contributed by atoms with Crippen molar-refractivity contribution in [2.75, 3.05) is 0 Å². The Morgan fingerprint density at radius 2 is 1.75 bits per heavy atom. The summed E-state index contributed by atoms with van der Waals surface area (Å²) in [4.78, 5) is 23.3. The summed E-state index contributed by atoms with van der Waals surface area (Å²) in [5.41, 5.74) is 0.00473. The van der Waals surface area contributed by atoms with E-state index in [2.05, 4.69) is 5.32 Å². The Balaban J connectivity index is 2.24. The summed E-state index contributed by atoms with van der Waals surface area (Å²) < 4.78 is 5.11. The van der Waals surface area contributed by atoms with E-state index in [1.165, 1.54) is 0 Å². The van der Waals surface area contributed by atoms with Crippen molar-refractivity contribution in [3.8, 4) is 5.75 Å². The molecule has 2 rings (SSSR count). The lowest BCUT2D eigenvalue weighted by Gasteiger charge is -2.22. The number of alkyl carbamates (subject to hydrolysis) is 1. The first-order valence-corrected chi connectivity index (χ1v) is 7.59. The number of aliphatic carboxylic acids is 1. The van der Waals surface area contributed by atoms with Crippen LogP contribution < -0.4 is 5.32 Å². The number of ether oxygens (including phenoxy) is 1. The zero-order chi connectivity index (χ0) is 17.9. The quantitative estimate of drug-likeness (QED) is 0.800. The molecule has 1 atom stereocenters. The highest BCUT2D eigenvalue weighted by atomic mass is 16.6. The van der Waals surface area contributed by atoms with Crippen molar-refractivity contribution in [2.45, 2.75) is 38.8 Å². The summed E-state index contributed by atoms with van der Waals surface area (Å²) in [5, 5.41) is 23.1. The van der Waals surface area contributed by atoms with E-state index in [1.54, 1.807) is 57.2 Å². The largest absolute Gasteiger partial charge is 0.507 e. The lowest BCUT2D eigenvalue weighted by molar-refractivity contribution is -0.139. The first-order chi connectivity index (χ1) is 11.2. The van der Waals surface area contributed by atoms with Crippen LogP contribution in [-0.2, 0) is 16.0 Å². The Bertz CT molecular complexity index is 764. The van der Waals surface area contributed by atoms with Crippen LogP contribution in [0.1, 0.15) is 26.3 Å². The molecule has 0 aliphatic rings. The number of carboxylic acid groups (broad SMARTS) is 1. The van der Waals surface area contributed by atoms with Gasteiger partial charge in [0.05, 0.1) is 0 Å². The molecule has 0 heterocycles. The van der Waals surface area contributed by atoms with E-state index in [4.69, 9.17) is 4.74 Å². The molecule has 6 nitrogen and oxygen atoms in total. The van der Waals surface area contributed by atoms with Gasteiger partial charge in [-0.25, -0.2) is 9.59 Å². The van der Waals surface area contributed by atoms with Gasteiger partial charge in [0.25, 0.3) is 0 Å². The number of amides is 1. The molecule has 3 N–H and O–H groups in total. The fourth-order valence-electron chi connectivity index (χ4n) is 2.41. The molecule has 0 fully saturated rings. The topological polar surface area (TPSA) is 95.9 Å². The van der Waals surface area contributed by atoms with Crippen LogP contribution in [0.3, 0.4) is 0 Å². The van der Waals surface area contributed by atoms with Crippen LogP contribution in [0, 0.1) is 0 Å². The van der Waals surface area contributed by atoms with Gasteiger partial charge in [0.1, 0.15) is 17.4 Å². The fourth-order valence-corrected chi connectivity index (χ4v) is 2.41. The Morgan fingerprint density at radius 3 is 2.38 bits per heavy atom. The average Bonchev–Trinajstić information content (AvgIpc) is 2.45. The number of phenolic OH excluding ortho intramolecular Hbond substituents is 1. The highest BCUT2D eigenvalue weighted by molar-refractivity contribution is 5.91. The second-order valence-corrected chi connectivity index (χ2v) is 6.53. The van der Waals surface area contributed by atoms with Gasteiger partial charge in [0.15, 0.2) is 0 Å². The van der Waals surface area contributed by atoms with E-state index in [-0.39, 0.29) is 12.2 Å². The van der Waals surface area contributed by atoms with Gasteiger partial charge in [-0.3, -0.25) is 0 Å². The molecular weight excluding hydrogens is 310 g/mol. The normalized spacial score (nSPS) is 12.6. The Labute approximate surface area is 140 Å². The van der Waals surface area contributed by atoms with Crippen LogP contribution in [0.25, 0.3) is 10.8 Å². The third-order valence-electron chi connectivity index (χ3n) is 3.40. The number of carbonyl (C=O) groups excluding carboxylic acids is 1. The van der Waals surface area contributed by atoms with Gasteiger partial charge in [-0.05, 0) is 37.8 Å². The molecule has 0 aliphatic heterocycles. The number of phenols is 1. The number of hydrogen-bond donors (Lipinski definition) is 3. The summed E-state index contributed by atoms with van der Waals surface area (Å²) in [7, 11) is 0. The van der Waals surface area contributed by atoms with Gasteiger partial charge >= 0.3 is 12.1 Å². The summed E-state index contributed by atoms with van der Waals surface area (Å²) in [6.07, 6.45) is -0.701. The molecular formula is C18H21NO5. The highest BCUT2D eigenvalue weighted by Crippen LogP contribution is 2.27. The Hall–Kier alpha value is -2.76. The molecule has 128 valence electrons. The van der Waals surface area contributed by atoms with Crippen molar-refractivity contribution in [3.63, 3.8) is 0 Å². The predicted octanol–water partition coefficient (Wildman–Crippen LogP) is 3.07. The van der Waals surface area contributed by atoms with Gasteiger partial charge in [0, 0.05) is 11.8 Å². The molecule has 2 aromatic rings. The summed E-state index contributed by atoms with van der Waals surface area (Å²) >= 11 is 0. The van der Waals surface area contributed by atoms with Crippen LogP contribution in [-0.4, -0.2) is 33.9 Å². The lowest BCUT2D eigenvalue weighted by atomic mass is 9.98. The molecule has 0 bridgehead atoms. The second-order valence-electron chi connectivity index (χ2n) is 6.53. The number of fused-ring (bicyclic) bond motifs is 1. The maximum absolute atomic E-state index is 11.8. The van der Waals surface area contributed by atoms with Crippen LogP contribution in [0.5, 0.6) is 5.75 Å². The van der Waals surface area contributed by atoms with E-state index in [0.29, 0.717) is 10.9 Å². The lowest BCUT2D eigenvalue weighted by Crippen LogP contribution is -2.44. The SMILES string of the molecule is CC(C)(C)OC(=O)NC(Cc1cccc2c(O)cccc12)C(=O)O. The van der Waals surface area contributed by atoms with Crippen molar-refractivity contribution in [3.05, 3.63) is 42.0 Å². The van der Waals surface area contributed by atoms with Crippen LogP contribution >= 0.6 is 0 Å². The average molecular weight is 331 g/mol. The standard InChI is InChI=1S/C18H21NO5/c1-18(2,3)24-17(23)19-14(16(21)22)10-11-6-4-8-13-12(11)7-5-9-15(13)20/h4-9,14,20H,10H2,1-3H3,(H,19,23)(H,21,22). The minimum atomic E-state index is -1.15. The van der Waals surface area contributed by atoms with Crippen molar-refractivity contribution < 1.29 is 24.5 Å². The Morgan fingerprint density at radius 1 is 1.12 bits per heavy atom. The first-order valence-electron chi connectivity index (χ1n) is 7.59. The third-order valence-corrected chi connectivity index (χ3v) is 3.40. The maximum Gasteiger partial charge on any atom is 0.408 e. The number of benzene rings is 2. The number of aromatic hydroxyl groups is 1. The molecule has 0 saturated carbocycles. The second kappa shape index (κ2) is 6.78. The zero-order valence-electron chi connectivity index (χ0n) is 13.9. The molecule has 0 saturated heterocycles. The van der Waals surface area contributed by atoms with E-state index >= 15 is 0 Å². The molecule has 0 aromatic heterocycles. The van der Waals surface area contributed by atoms with Crippen LogP contribution in [0.4, 0.5) is 4.79 Å². The van der Waals surface area contributed by atoms with E-state index < -0.39 is 23.7 Å². The zero-order valence-corrected chi connectivity index (χ0v) is 13.9. The smallest absolute Gasteiger partial charge is 0.408 e. The molecule has 24 heavy (non-hydrogen) atoms. The molecule has 1 amide bonds.